The average molecular weight is 273 g/mol. The van der Waals surface area contributed by atoms with E-state index >= 15 is 0 Å². The highest BCUT2D eigenvalue weighted by atomic mass is 16.3. The lowest BCUT2D eigenvalue weighted by Gasteiger charge is -2.46. The minimum absolute atomic E-state index is 0.143. The van der Waals surface area contributed by atoms with Crippen LogP contribution in [0.25, 0.3) is 5.78 Å². The number of hydrogen-bond donors (Lipinski definition) is 1. The van der Waals surface area contributed by atoms with E-state index in [2.05, 4.69) is 15.1 Å². The third-order valence-corrected chi connectivity index (χ3v) is 4.17. The van der Waals surface area contributed by atoms with Crippen LogP contribution in [0.2, 0.25) is 0 Å². The predicted molar refractivity (Wildman–Crippen MR) is 69.1 cm³/mol. The van der Waals surface area contributed by atoms with Gasteiger partial charge >= 0.3 is 0 Å². The van der Waals surface area contributed by atoms with Crippen molar-refractivity contribution in [3.63, 3.8) is 0 Å². The van der Waals surface area contributed by atoms with Crippen LogP contribution >= 0.6 is 0 Å². The van der Waals surface area contributed by atoms with Crippen molar-refractivity contribution in [2.24, 2.45) is 5.92 Å². The Kier molecular flexibility index (Phi) is 2.21. The normalized spacial score (nSPS) is 21.0. The van der Waals surface area contributed by atoms with E-state index in [-0.39, 0.29) is 11.7 Å². The fourth-order valence-electron chi connectivity index (χ4n) is 2.78. The molecule has 0 bridgehead atoms. The second kappa shape index (κ2) is 3.76. The molecule has 0 spiro atoms. The molecule has 1 saturated heterocycles. The fraction of sp³-hybridized carbons (Fsp3) is 0.538. The van der Waals surface area contributed by atoms with Crippen LogP contribution in [0.3, 0.4) is 0 Å². The summed E-state index contributed by atoms with van der Waals surface area (Å²) in [4.78, 5) is 22.1. The van der Waals surface area contributed by atoms with Gasteiger partial charge in [-0.2, -0.15) is 4.98 Å². The van der Waals surface area contributed by atoms with Gasteiger partial charge in [0.15, 0.2) is 0 Å². The number of rotatable bonds is 2. The lowest BCUT2D eigenvalue weighted by atomic mass is 9.88. The molecular formula is C13H15N5O2. The number of hydrogen-bond acceptors (Lipinski definition) is 5. The van der Waals surface area contributed by atoms with Crippen LogP contribution in [0.4, 0.5) is 0 Å². The molecule has 7 heteroatoms. The van der Waals surface area contributed by atoms with Crippen molar-refractivity contribution in [1.29, 1.82) is 0 Å². The van der Waals surface area contributed by atoms with Crippen LogP contribution in [0.15, 0.2) is 12.3 Å². The summed E-state index contributed by atoms with van der Waals surface area (Å²) in [6, 6.07) is 1.81. The molecule has 0 aromatic carbocycles. The maximum Gasteiger partial charge on any atom is 0.293 e. The number of carbonyl (C=O) groups is 1. The fourth-order valence-corrected chi connectivity index (χ4v) is 2.78. The van der Waals surface area contributed by atoms with E-state index in [1.54, 1.807) is 15.6 Å². The van der Waals surface area contributed by atoms with Gasteiger partial charge in [0, 0.05) is 11.9 Å². The van der Waals surface area contributed by atoms with Gasteiger partial charge in [0.2, 0.25) is 5.82 Å². The first-order valence-electron chi connectivity index (χ1n) is 6.77. The number of aromatic nitrogens is 4. The molecule has 3 heterocycles. The van der Waals surface area contributed by atoms with Crippen molar-refractivity contribution >= 4 is 11.7 Å². The van der Waals surface area contributed by atoms with Crippen LogP contribution in [-0.4, -0.2) is 54.2 Å². The van der Waals surface area contributed by atoms with Gasteiger partial charge in [0.1, 0.15) is 5.60 Å². The number of β-amino-alcohol motifs (C(OH)–C–C–N with tert-alkyl or cyclic N) is 1. The van der Waals surface area contributed by atoms with E-state index in [9.17, 15) is 9.90 Å². The molecule has 2 aromatic heterocycles. The second-order valence-corrected chi connectivity index (χ2v) is 5.77. The topological polar surface area (TPSA) is 83.6 Å². The van der Waals surface area contributed by atoms with Gasteiger partial charge in [-0.1, -0.05) is 0 Å². The minimum Gasteiger partial charge on any atom is -0.386 e. The maximum atomic E-state index is 12.3. The first kappa shape index (κ1) is 11.8. The molecule has 1 aliphatic carbocycles. The summed E-state index contributed by atoms with van der Waals surface area (Å²) in [6.45, 7) is 2.66. The van der Waals surface area contributed by atoms with E-state index < -0.39 is 5.60 Å². The van der Waals surface area contributed by atoms with E-state index in [1.807, 2.05) is 13.0 Å². The highest BCUT2D eigenvalue weighted by Crippen LogP contribution is 2.44. The molecule has 2 fully saturated rings. The Morgan fingerprint density at radius 2 is 2.20 bits per heavy atom. The predicted octanol–water partition coefficient (Wildman–Crippen LogP) is 0.0296. The molecule has 0 atom stereocenters. The molecular weight excluding hydrogens is 258 g/mol. The molecule has 0 unspecified atom stereocenters. The van der Waals surface area contributed by atoms with Gasteiger partial charge in [0.05, 0.1) is 13.1 Å². The molecule has 1 aliphatic heterocycles. The number of nitrogens with zero attached hydrogens (tertiary/aromatic N) is 5. The molecule has 2 aromatic rings. The molecule has 1 amide bonds. The molecule has 1 saturated carbocycles. The van der Waals surface area contributed by atoms with Crippen molar-refractivity contribution < 1.29 is 9.90 Å². The Hall–Kier alpha value is -2.02. The first-order chi connectivity index (χ1) is 9.57. The molecule has 20 heavy (non-hydrogen) atoms. The van der Waals surface area contributed by atoms with E-state index in [0.29, 0.717) is 24.8 Å². The monoisotopic (exact) mass is 273 g/mol. The van der Waals surface area contributed by atoms with Gasteiger partial charge in [-0.05, 0) is 31.7 Å². The van der Waals surface area contributed by atoms with Crippen molar-refractivity contribution in [1.82, 2.24) is 24.5 Å². The van der Waals surface area contributed by atoms with Crippen LogP contribution in [-0.2, 0) is 0 Å². The zero-order valence-electron chi connectivity index (χ0n) is 11.2. The van der Waals surface area contributed by atoms with E-state index in [4.69, 9.17) is 0 Å². The summed E-state index contributed by atoms with van der Waals surface area (Å²) in [6.07, 6.45) is 3.77. The smallest absolute Gasteiger partial charge is 0.293 e. The van der Waals surface area contributed by atoms with E-state index in [1.165, 1.54) is 0 Å². The van der Waals surface area contributed by atoms with Crippen LogP contribution in [0, 0.1) is 12.8 Å². The Morgan fingerprint density at radius 3 is 2.85 bits per heavy atom. The molecule has 2 aliphatic rings. The standard InChI is InChI=1S/C13H15N5O2/c1-8-4-5-14-12-15-10(16-18(8)12)11(19)17-6-13(20,7-17)9-2-3-9/h4-5,9,20H,2-3,6-7H2,1H3. The third-order valence-electron chi connectivity index (χ3n) is 4.17. The minimum atomic E-state index is -0.678. The SMILES string of the molecule is Cc1ccnc2nc(C(=O)N3CC(O)(C4CC4)C3)nn12. The Labute approximate surface area is 115 Å². The zero-order valence-corrected chi connectivity index (χ0v) is 11.2. The number of aryl methyl sites for hydroxylation is 1. The van der Waals surface area contributed by atoms with Crippen LogP contribution < -0.4 is 0 Å². The summed E-state index contributed by atoms with van der Waals surface area (Å²) in [5, 5.41) is 14.4. The summed E-state index contributed by atoms with van der Waals surface area (Å²) < 4.78 is 1.56. The Balaban J connectivity index is 1.57. The average Bonchev–Trinajstić information content (AvgIpc) is 3.14. The number of fused-ring (bicyclic) bond motifs is 1. The van der Waals surface area contributed by atoms with E-state index in [0.717, 1.165) is 18.5 Å². The molecule has 7 nitrogen and oxygen atoms in total. The summed E-state index contributed by atoms with van der Waals surface area (Å²) in [5.74, 6) is 0.695. The molecule has 4 rings (SSSR count). The van der Waals surface area contributed by atoms with Gasteiger partial charge < -0.3 is 10.0 Å². The third kappa shape index (κ3) is 1.62. The number of aliphatic hydroxyl groups is 1. The van der Waals surface area contributed by atoms with Gasteiger partial charge in [-0.25, -0.2) is 9.50 Å². The number of amides is 1. The molecule has 104 valence electrons. The van der Waals surface area contributed by atoms with Gasteiger partial charge in [-0.15, -0.1) is 5.10 Å². The second-order valence-electron chi connectivity index (χ2n) is 5.77. The van der Waals surface area contributed by atoms with Crippen LogP contribution in [0.5, 0.6) is 0 Å². The lowest BCUT2D eigenvalue weighted by Crippen LogP contribution is -2.64. The largest absolute Gasteiger partial charge is 0.386 e. The Morgan fingerprint density at radius 1 is 1.45 bits per heavy atom. The van der Waals surface area contributed by atoms with Crippen molar-refractivity contribution in [2.75, 3.05) is 13.1 Å². The molecule has 0 radical (unpaired) electrons. The Bertz CT molecular complexity index is 700. The number of likely N-dealkylation sites (tertiary alicyclic amines) is 1. The van der Waals surface area contributed by atoms with Gasteiger partial charge in [0.25, 0.3) is 11.7 Å². The van der Waals surface area contributed by atoms with Crippen molar-refractivity contribution in [3.05, 3.63) is 23.8 Å². The summed E-state index contributed by atoms with van der Waals surface area (Å²) in [5.41, 5.74) is 0.197. The van der Waals surface area contributed by atoms with Crippen molar-refractivity contribution in [3.8, 4) is 0 Å². The quantitative estimate of drug-likeness (QED) is 0.834. The van der Waals surface area contributed by atoms with Crippen LogP contribution in [0.1, 0.15) is 29.2 Å². The zero-order chi connectivity index (χ0) is 13.9. The summed E-state index contributed by atoms with van der Waals surface area (Å²) in [7, 11) is 0. The maximum absolute atomic E-state index is 12.3. The summed E-state index contributed by atoms with van der Waals surface area (Å²) >= 11 is 0. The highest BCUT2D eigenvalue weighted by Gasteiger charge is 2.53. The number of carbonyl (C=O) groups excluding carboxylic acids is 1. The highest BCUT2D eigenvalue weighted by molar-refractivity contribution is 5.91. The van der Waals surface area contributed by atoms with Gasteiger partial charge in [-0.3, -0.25) is 4.79 Å². The molecule has 1 N–H and O–H groups in total. The first-order valence-corrected chi connectivity index (χ1v) is 6.77. The van der Waals surface area contributed by atoms with Crippen molar-refractivity contribution in [2.45, 2.75) is 25.4 Å². The lowest BCUT2D eigenvalue weighted by molar-refractivity contribution is -0.0961.